The molecule has 0 rings (SSSR count). The van der Waals surface area contributed by atoms with Gasteiger partial charge in [0.05, 0.1) is 5.92 Å². The highest BCUT2D eigenvalue weighted by atomic mass is 16.5. The molecule has 2 heteroatoms. The number of ether oxygens (including phenoxy) is 1. The Kier molecular flexibility index (Phi) is 19.4. The summed E-state index contributed by atoms with van der Waals surface area (Å²) >= 11 is 0. The van der Waals surface area contributed by atoms with Crippen molar-refractivity contribution in [1.29, 1.82) is 0 Å². The quantitative estimate of drug-likeness (QED) is 0.125. The van der Waals surface area contributed by atoms with Crippen molar-refractivity contribution >= 4 is 5.97 Å². The summed E-state index contributed by atoms with van der Waals surface area (Å²) in [7, 11) is 0. The summed E-state index contributed by atoms with van der Waals surface area (Å²) < 4.78 is 5.17. The maximum Gasteiger partial charge on any atom is 0.309 e. The summed E-state index contributed by atoms with van der Waals surface area (Å²) in [5, 5.41) is 0. The lowest BCUT2D eigenvalue weighted by molar-refractivity contribution is -0.147. The normalized spacial score (nSPS) is 11.9. The topological polar surface area (TPSA) is 26.3 Å². The van der Waals surface area contributed by atoms with Gasteiger partial charge in [-0.2, -0.15) is 0 Å². The summed E-state index contributed by atoms with van der Waals surface area (Å²) in [6.07, 6.45) is 24.1. The summed E-state index contributed by atoms with van der Waals surface area (Å²) in [4.78, 5) is 11.9. The molecule has 0 aromatic rings. The van der Waals surface area contributed by atoms with E-state index >= 15 is 0 Å². The number of esters is 1. The van der Waals surface area contributed by atoms with Crippen LogP contribution in [0.5, 0.6) is 0 Å². The molecule has 0 aromatic heterocycles. The van der Waals surface area contributed by atoms with Crippen LogP contribution in [0.1, 0.15) is 110 Å². The zero-order valence-electron chi connectivity index (χ0n) is 17.5. The van der Waals surface area contributed by atoms with E-state index in [4.69, 9.17) is 4.74 Å². The third kappa shape index (κ3) is 16.4. The zero-order valence-corrected chi connectivity index (χ0v) is 17.5. The lowest BCUT2D eigenvalue weighted by atomic mass is 9.97. The summed E-state index contributed by atoms with van der Waals surface area (Å²) in [5.41, 5.74) is 0. The lowest BCUT2D eigenvalue weighted by Crippen LogP contribution is -2.17. The summed E-state index contributed by atoms with van der Waals surface area (Å²) in [5.74, 6) is -0.121. The number of allylic oxidation sites excluding steroid dienone is 1. The molecular formula is C24H44O2. The molecule has 0 amide bonds. The second-order valence-electron chi connectivity index (χ2n) is 7.52. The third-order valence-corrected chi connectivity index (χ3v) is 5.03. The van der Waals surface area contributed by atoms with E-state index in [1.54, 1.807) is 6.08 Å². The Balaban J connectivity index is 3.43. The van der Waals surface area contributed by atoms with Gasteiger partial charge in [-0.3, -0.25) is 4.79 Å². The van der Waals surface area contributed by atoms with Gasteiger partial charge in [0.1, 0.15) is 6.61 Å². The van der Waals surface area contributed by atoms with Crippen LogP contribution < -0.4 is 0 Å². The molecule has 0 bridgehead atoms. The van der Waals surface area contributed by atoms with Crippen LogP contribution >= 0.6 is 0 Å². The molecule has 0 aliphatic heterocycles. The van der Waals surface area contributed by atoms with Crippen molar-refractivity contribution in [2.75, 3.05) is 6.61 Å². The average Bonchev–Trinajstić information content (AvgIpc) is 2.65. The fourth-order valence-electron chi connectivity index (χ4n) is 3.38. The molecule has 0 fully saturated rings. The van der Waals surface area contributed by atoms with Crippen LogP contribution in [0, 0.1) is 5.92 Å². The third-order valence-electron chi connectivity index (χ3n) is 5.03. The minimum atomic E-state index is -0.0977. The number of hydrogen-bond acceptors (Lipinski definition) is 2. The first-order chi connectivity index (χ1) is 12.8. The van der Waals surface area contributed by atoms with Crippen molar-refractivity contribution < 1.29 is 9.53 Å². The van der Waals surface area contributed by atoms with Gasteiger partial charge in [0.15, 0.2) is 0 Å². The highest BCUT2D eigenvalue weighted by Crippen LogP contribution is 2.18. The van der Waals surface area contributed by atoms with Crippen LogP contribution in [0.4, 0.5) is 0 Å². The van der Waals surface area contributed by atoms with Gasteiger partial charge < -0.3 is 4.74 Å². The summed E-state index contributed by atoms with van der Waals surface area (Å²) in [6.45, 7) is 9.92. The van der Waals surface area contributed by atoms with Gasteiger partial charge in [0, 0.05) is 0 Å². The molecule has 0 saturated carbocycles. The molecule has 0 saturated heterocycles. The number of rotatable bonds is 20. The number of carbonyl (C=O) groups is 1. The van der Waals surface area contributed by atoms with Gasteiger partial charge in [0.2, 0.25) is 0 Å². The minimum Gasteiger partial charge on any atom is -0.461 e. The van der Waals surface area contributed by atoms with Crippen LogP contribution in [-0.4, -0.2) is 12.6 Å². The Bertz CT molecular complexity index is 335. The van der Waals surface area contributed by atoms with Crippen molar-refractivity contribution in [2.45, 2.75) is 110 Å². The molecule has 0 heterocycles. The molecule has 152 valence electrons. The first-order valence-electron chi connectivity index (χ1n) is 11.1. The molecule has 0 N–H and O–H groups in total. The fourth-order valence-corrected chi connectivity index (χ4v) is 3.38. The van der Waals surface area contributed by atoms with Gasteiger partial charge in [-0.1, -0.05) is 116 Å². The monoisotopic (exact) mass is 364 g/mol. The lowest BCUT2D eigenvalue weighted by Gasteiger charge is -2.13. The molecule has 26 heavy (non-hydrogen) atoms. The highest BCUT2D eigenvalue weighted by molar-refractivity contribution is 5.72. The SMILES string of the molecule is C=CCOC(=O)C(CC=C)CCCCCCCCCCCCCCCC. The fraction of sp³-hybridized carbons (Fsp3) is 0.792. The number of carbonyl (C=O) groups excluding carboxylic acids is 1. The van der Waals surface area contributed by atoms with Crippen molar-refractivity contribution in [3.63, 3.8) is 0 Å². The predicted molar refractivity (Wildman–Crippen MR) is 114 cm³/mol. The van der Waals surface area contributed by atoms with E-state index in [0.717, 1.165) is 12.8 Å². The molecule has 2 nitrogen and oxygen atoms in total. The summed E-state index contributed by atoms with van der Waals surface area (Å²) in [6, 6.07) is 0. The van der Waals surface area contributed by atoms with E-state index in [1.807, 2.05) is 6.08 Å². The molecule has 0 aliphatic carbocycles. The smallest absolute Gasteiger partial charge is 0.309 e. The first-order valence-corrected chi connectivity index (χ1v) is 11.1. The van der Waals surface area contributed by atoms with Crippen molar-refractivity contribution in [3.05, 3.63) is 25.3 Å². The number of unbranched alkanes of at least 4 members (excludes halogenated alkanes) is 13. The maximum absolute atomic E-state index is 11.9. The standard InChI is InChI=1S/C24H44O2/c1-4-7-8-9-10-11-12-13-14-15-16-17-18-19-21-23(20-5-2)24(25)26-22-6-3/h5-6,23H,2-4,7-22H2,1H3. The average molecular weight is 365 g/mol. The van der Waals surface area contributed by atoms with Crippen LogP contribution in [0.3, 0.4) is 0 Å². The van der Waals surface area contributed by atoms with Crippen LogP contribution in [0.2, 0.25) is 0 Å². The highest BCUT2D eigenvalue weighted by Gasteiger charge is 2.17. The van der Waals surface area contributed by atoms with Crippen LogP contribution in [0.15, 0.2) is 25.3 Å². The number of hydrogen-bond donors (Lipinski definition) is 0. The second kappa shape index (κ2) is 20.3. The van der Waals surface area contributed by atoms with E-state index in [9.17, 15) is 4.79 Å². The van der Waals surface area contributed by atoms with Crippen LogP contribution in [-0.2, 0) is 9.53 Å². The molecule has 0 radical (unpaired) electrons. The molecule has 0 spiro atoms. The van der Waals surface area contributed by atoms with Gasteiger partial charge >= 0.3 is 5.97 Å². The van der Waals surface area contributed by atoms with Gasteiger partial charge in [0.25, 0.3) is 0 Å². The van der Waals surface area contributed by atoms with E-state index < -0.39 is 0 Å². The van der Waals surface area contributed by atoms with Crippen molar-refractivity contribution in [3.8, 4) is 0 Å². The van der Waals surface area contributed by atoms with E-state index in [1.165, 1.54) is 83.5 Å². The largest absolute Gasteiger partial charge is 0.461 e. The molecule has 0 aliphatic rings. The van der Waals surface area contributed by atoms with Gasteiger partial charge in [-0.15, -0.1) is 6.58 Å². The Morgan fingerprint density at radius 3 is 1.65 bits per heavy atom. The van der Waals surface area contributed by atoms with Crippen LogP contribution in [0.25, 0.3) is 0 Å². The Morgan fingerprint density at radius 1 is 0.769 bits per heavy atom. The Morgan fingerprint density at radius 2 is 1.23 bits per heavy atom. The van der Waals surface area contributed by atoms with Gasteiger partial charge in [-0.25, -0.2) is 0 Å². The van der Waals surface area contributed by atoms with E-state index in [-0.39, 0.29) is 11.9 Å². The molecule has 1 atom stereocenters. The van der Waals surface area contributed by atoms with Crippen molar-refractivity contribution in [2.24, 2.45) is 5.92 Å². The van der Waals surface area contributed by atoms with Gasteiger partial charge in [-0.05, 0) is 12.8 Å². The van der Waals surface area contributed by atoms with E-state index in [0.29, 0.717) is 13.0 Å². The van der Waals surface area contributed by atoms with Crippen molar-refractivity contribution in [1.82, 2.24) is 0 Å². The van der Waals surface area contributed by atoms with E-state index in [2.05, 4.69) is 20.1 Å². The Labute approximate surface area is 163 Å². The molecule has 1 unspecified atom stereocenters. The first kappa shape index (κ1) is 24.9. The molecular weight excluding hydrogens is 320 g/mol. The predicted octanol–water partition coefficient (Wildman–Crippen LogP) is 7.78. The minimum absolute atomic E-state index is 0.0234. The Hall–Kier alpha value is -1.05. The molecule has 0 aromatic carbocycles. The second-order valence-corrected chi connectivity index (χ2v) is 7.52. The maximum atomic E-state index is 11.9. The zero-order chi connectivity index (χ0) is 19.3.